The molecule has 0 saturated heterocycles. The monoisotopic (exact) mass is 360 g/mol. The fourth-order valence-electron chi connectivity index (χ4n) is 2.11. The van der Waals surface area contributed by atoms with Gasteiger partial charge in [-0.3, -0.25) is 9.59 Å². The molecule has 1 N–H and O–H groups in total. The molecule has 0 saturated carbocycles. The maximum atomic E-state index is 13.8. The lowest BCUT2D eigenvalue weighted by Gasteiger charge is -2.18. The number of rotatable bonds is 5. The quantitative estimate of drug-likeness (QED) is 0.824. The first-order valence-corrected chi connectivity index (χ1v) is 6.95. The summed E-state index contributed by atoms with van der Waals surface area (Å²) in [5.41, 5.74) is -3.21. The number of aromatic nitrogens is 3. The van der Waals surface area contributed by atoms with Crippen LogP contribution in [0.1, 0.15) is 23.1 Å². The van der Waals surface area contributed by atoms with Crippen LogP contribution in [0.4, 0.5) is 17.6 Å². The Bertz CT molecular complexity index is 804. The Morgan fingerprint density at radius 2 is 1.92 bits per heavy atom. The van der Waals surface area contributed by atoms with Crippen LogP contribution in [0, 0.1) is 5.82 Å². The Morgan fingerprint density at radius 1 is 1.28 bits per heavy atom. The SMILES string of the molecule is CCN(CC(=O)O)C(=O)c1nnn(-c2ccccc2F)c1C(F)(F)F. The summed E-state index contributed by atoms with van der Waals surface area (Å²) in [7, 11) is 0. The number of carboxylic acid groups (broad SMARTS) is 1. The van der Waals surface area contributed by atoms with Gasteiger partial charge in [0.2, 0.25) is 0 Å². The van der Waals surface area contributed by atoms with E-state index in [-0.39, 0.29) is 11.2 Å². The van der Waals surface area contributed by atoms with Gasteiger partial charge in [-0.2, -0.15) is 13.2 Å². The number of carboxylic acids is 1. The van der Waals surface area contributed by atoms with Gasteiger partial charge in [-0.1, -0.05) is 17.3 Å². The van der Waals surface area contributed by atoms with Crippen molar-refractivity contribution in [2.45, 2.75) is 13.1 Å². The third-order valence-electron chi connectivity index (χ3n) is 3.22. The van der Waals surface area contributed by atoms with E-state index >= 15 is 0 Å². The number of para-hydroxylation sites is 1. The number of likely N-dealkylation sites (N-methyl/N-ethyl adjacent to an activating group) is 1. The highest BCUT2D eigenvalue weighted by molar-refractivity contribution is 5.95. The summed E-state index contributed by atoms with van der Waals surface area (Å²) in [4.78, 5) is 23.7. The minimum Gasteiger partial charge on any atom is -0.480 e. The molecule has 0 aliphatic carbocycles. The van der Waals surface area contributed by atoms with E-state index in [2.05, 4.69) is 10.3 Å². The van der Waals surface area contributed by atoms with Crippen LogP contribution in [-0.2, 0) is 11.0 Å². The zero-order valence-electron chi connectivity index (χ0n) is 12.8. The molecule has 0 radical (unpaired) electrons. The van der Waals surface area contributed by atoms with E-state index in [1.165, 1.54) is 19.1 Å². The Kier molecular flexibility index (Phi) is 5.04. The number of carbonyl (C=O) groups excluding carboxylic acids is 1. The Hall–Kier alpha value is -2.98. The van der Waals surface area contributed by atoms with Crippen LogP contribution >= 0.6 is 0 Å². The maximum absolute atomic E-state index is 13.8. The van der Waals surface area contributed by atoms with Gasteiger partial charge in [-0.25, -0.2) is 9.07 Å². The summed E-state index contributed by atoms with van der Waals surface area (Å²) in [6, 6.07) is 4.55. The van der Waals surface area contributed by atoms with Crippen molar-refractivity contribution >= 4 is 11.9 Å². The molecule has 1 aromatic heterocycles. The molecule has 11 heteroatoms. The van der Waals surface area contributed by atoms with Crippen LogP contribution in [0.25, 0.3) is 5.69 Å². The third-order valence-corrected chi connectivity index (χ3v) is 3.22. The number of benzene rings is 1. The topological polar surface area (TPSA) is 88.3 Å². The first kappa shape index (κ1) is 18.4. The first-order chi connectivity index (χ1) is 11.7. The van der Waals surface area contributed by atoms with Crippen LogP contribution in [0.15, 0.2) is 24.3 Å². The summed E-state index contributed by atoms with van der Waals surface area (Å²) in [6.45, 7) is 0.434. The van der Waals surface area contributed by atoms with Crippen LogP contribution in [0.3, 0.4) is 0 Å². The van der Waals surface area contributed by atoms with Gasteiger partial charge in [-0.15, -0.1) is 5.10 Å². The van der Waals surface area contributed by atoms with E-state index in [1.54, 1.807) is 0 Å². The fourth-order valence-corrected chi connectivity index (χ4v) is 2.11. The normalized spacial score (nSPS) is 11.4. The van der Waals surface area contributed by atoms with Crippen molar-refractivity contribution in [2.75, 3.05) is 13.1 Å². The van der Waals surface area contributed by atoms with Gasteiger partial charge in [0, 0.05) is 6.54 Å². The molecule has 134 valence electrons. The Balaban J connectivity index is 2.59. The number of carbonyl (C=O) groups is 2. The molecule has 0 aliphatic rings. The van der Waals surface area contributed by atoms with Gasteiger partial charge in [0.15, 0.2) is 11.4 Å². The second-order valence-corrected chi connectivity index (χ2v) is 4.86. The number of halogens is 4. The average molecular weight is 360 g/mol. The minimum atomic E-state index is -5.07. The molecule has 7 nitrogen and oxygen atoms in total. The first-order valence-electron chi connectivity index (χ1n) is 6.95. The van der Waals surface area contributed by atoms with Gasteiger partial charge in [-0.05, 0) is 19.1 Å². The second-order valence-electron chi connectivity index (χ2n) is 4.86. The average Bonchev–Trinajstić information content (AvgIpc) is 2.97. The summed E-state index contributed by atoms with van der Waals surface area (Å²) >= 11 is 0. The molecule has 2 rings (SSSR count). The van der Waals surface area contributed by atoms with Gasteiger partial charge < -0.3 is 10.0 Å². The summed E-state index contributed by atoms with van der Waals surface area (Å²) < 4.78 is 54.3. The van der Waals surface area contributed by atoms with Crippen molar-refractivity contribution in [3.63, 3.8) is 0 Å². The number of aliphatic carboxylic acids is 1. The Labute approximate surface area is 138 Å². The van der Waals surface area contributed by atoms with Crippen LogP contribution in [-0.4, -0.2) is 50.0 Å². The molecule has 1 amide bonds. The molecule has 1 heterocycles. The minimum absolute atomic E-state index is 0.158. The predicted octanol–water partition coefficient (Wildman–Crippen LogP) is 1.97. The lowest BCUT2D eigenvalue weighted by molar-refractivity contribution is -0.143. The zero-order chi connectivity index (χ0) is 18.8. The smallest absolute Gasteiger partial charge is 0.435 e. The van der Waals surface area contributed by atoms with Crippen LogP contribution in [0.5, 0.6) is 0 Å². The second kappa shape index (κ2) is 6.87. The highest BCUT2D eigenvalue weighted by Gasteiger charge is 2.43. The van der Waals surface area contributed by atoms with E-state index in [0.29, 0.717) is 4.90 Å². The molecular weight excluding hydrogens is 348 g/mol. The predicted molar refractivity (Wildman–Crippen MR) is 75.5 cm³/mol. The molecule has 0 spiro atoms. The van der Waals surface area contributed by atoms with Crippen LogP contribution in [0.2, 0.25) is 0 Å². The third kappa shape index (κ3) is 3.75. The fraction of sp³-hybridized carbons (Fsp3) is 0.286. The van der Waals surface area contributed by atoms with E-state index in [4.69, 9.17) is 5.11 Å². The molecule has 0 bridgehead atoms. The lowest BCUT2D eigenvalue weighted by atomic mass is 10.2. The molecule has 25 heavy (non-hydrogen) atoms. The highest BCUT2D eigenvalue weighted by Crippen LogP contribution is 2.33. The number of amides is 1. The largest absolute Gasteiger partial charge is 0.480 e. The van der Waals surface area contributed by atoms with Gasteiger partial charge in [0.25, 0.3) is 5.91 Å². The molecule has 0 aliphatic heterocycles. The lowest BCUT2D eigenvalue weighted by Crippen LogP contribution is -2.36. The molecule has 0 atom stereocenters. The van der Waals surface area contributed by atoms with Crippen LogP contribution < -0.4 is 0 Å². The summed E-state index contributed by atoms with van der Waals surface area (Å²) in [5.74, 6) is -3.65. The zero-order valence-corrected chi connectivity index (χ0v) is 12.8. The van der Waals surface area contributed by atoms with Crippen molar-refractivity contribution in [1.29, 1.82) is 0 Å². The van der Waals surface area contributed by atoms with Crippen molar-refractivity contribution in [1.82, 2.24) is 19.9 Å². The van der Waals surface area contributed by atoms with Gasteiger partial charge >= 0.3 is 12.1 Å². The maximum Gasteiger partial charge on any atom is 0.435 e. The van der Waals surface area contributed by atoms with E-state index in [0.717, 1.165) is 12.1 Å². The number of hydrogen-bond acceptors (Lipinski definition) is 4. The number of nitrogens with zero attached hydrogens (tertiary/aromatic N) is 4. The number of hydrogen-bond donors (Lipinski definition) is 1. The summed E-state index contributed by atoms with van der Waals surface area (Å²) in [6.07, 6.45) is -5.07. The highest BCUT2D eigenvalue weighted by atomic mass is 19.4. The molecule has 0 unspecified atom stereocenters. The van der Waals surface area contributed by atoms with Crippen molar-refractivity contribution in [3.05, 3.63) is 41.5 Å². The molecule has 2 aromatic rings. The van der Waals surface area contributed by atoms with E-state index in [9.17, 15) is 27.2 Å². The molecule has 1 aromatic carbocycles. The molecular formula is C14H12F4N4O3. The van der Waals surface area contributed by atoms with Crippen molar-refractivity contribution in [2.24, 2.45) is 0 Å². The van der Waals surface area contributed by atoms with E-state index in [1.807, 2.05) is 0 Å². The van der Waals surface area contributed by atoms with Gasteiger partial charge in [0.1, 0.15) is 18.0 Å². The molecule has 0 fully saturated rings. The standard InChI is InChI=1S/C14H12F4N4O3/c1-2-21(7-10(23)24)13(25)11-12(14(16,17)18)22(20-19-11)9-6-4-3-5-8(9)15/h3-6H,2,7H2,1H3,(H,23,24). The number of alkyl halides is 3. The Morgan fingerprint density at radius 3 is 2.44 bits per heavy atom. The van der Waals surface area contributed by atoms with Crippen molar-refractivity contribution in [3.8, 4) is 5.69 Å². The van der Waals surface area contributed by atoms with E-state index < -0.39 is 47.5 Å². The van der Waals surface area contributed by atoms with Gasteiger partial charge in [0.05, 0.1) is 0 Å². The van der Waals surface area contributed by atoms with Crippen molar-refractivity contribution < 1.29 is 32.3 Å². The summed E-state index contributed by atoms with van der Waals surface area (Å²) in [5, 5.41) is 15.2.